The van der Waals surface area contributed by atoms with Gasteiger partial charge >= 0.3 is 0 Å². The van der Waals surface area contributed by atoms with Crippen LogP contribution in [-0.4, -0.2) is 20.1 Å². The minimum absolute atomic E-state index is 0.00595. The number of amides is 1. The standard InChI is InChI=1S/C15H15FN2O3/c1-20-10-4-6-13(14(8-10)21-2)18-15(19)9-3-5-12(17)11(16)7-9/h3-8H,17H2,1-2H3,(H,18,19). The normalized spacial score (nSPS) is 10.0. The fraction of sp³-hybridized carbons (Fsp3) is 0.133. The van der Waals surface area contributed by atoms with Gasteiger partial charge in [0.2, 0.25) is 0 Å². The van der Waals surface area contributed by atoms with Crippen LogP contribution >= 0.6 is 0 Å². The summed E-state index contributed by atoms with van der Waals surface area (Å²) in [6.45, 7) is 0. The highest BCUT2D eigenvalue weighted by Gasteiger charge is 2.12. The first kappa shape index (κ1) is 14.6. The van der Waals surface area contributed by atoms with E-state index in [0.717, 1.165) is 6.07 Å². The summed E-state index contributed by atoms with van der Waals surface area (Å²) in [6.07, 6.45) is 0. The molecule has 0 saturated heterocycles. The van der Waals surface area contributed by atoms with Gasteiger partial charge in [-0.2, -0.15) is 0 Å². The Bertz CT molecular complexity index is 674. The topological polar surface area (TPSA) is 73.6 Å². The molecule has 0 heterocycles. The largest absolute Gasteiger partial charge is 0.497 e. The lowest BCUT2D eigenvalue weighted by Crippen LogP contribution is -2.13. The molecule has 2 aromatic rings. The first-order chi connectivity index (χ1) is 10.0. The van der Waals surface area contributed by atoms with Crippen molar-refractivity contribution in [3.05, 3.63) is 47.8 Å². The fourth-order valence-corrected chi connectivity index (χ4v) is 1.76. The zero-order valence-electron chi connectivity index (χ0n) is 11.6. The molecule has 0 saturated carbocycles. The number of nitrogens with one attached hydrogen (secondary N) is 1. The molecule has 5 nitrogen and oxygen atoms in total. The molecule has 0 radical (unpaired) electrons. The Morgan fingerprint density at radius 3 is 2.52 bits per heavy atom. The summed E-state index contributed by atoms with van der Waals surface area (Å²) in [5, 5.41) is 2.65. The van der Waals surface area contributed by atoms with E-state index in [1.165, 1.54) is 26.4 Å². The molecule has 0 spiro atoms. The third-order valence-corrected chi connectivity index (χ3v) is 2.92. The summed E-state index contributed by atoms with van der Waals surface area (Å²) in [7, 11) is 3.01. The molecule has 21 heavy (non-hydrogen) atoms. The molecule has 0 aliphatic carbocycles. The van der Waals surface area contributed by atoms with E-state index < -0.39 is 11.7 Å². The second-order valence-corrected chi connectivity index (χ2v) is 4.26. The molecule has 0 fully saturated rings. The van der Waals surface area contributed by atoms with Crippen LogP contribution < -0.4 is 20.5 Å². The summed E-state index contributed by atoms with van der Waals surface area (Å²) in [6, 6.07) is 8.84. The van der Waals surface area contributed by atoms with Crippen LogP contribution in [0.25, 0.3) is 0 Å². The number of hydrogen-bond donors (Lipinski definition) is 2. The summed E-state index contributed by atoms with van der Waals surface area (Å²) in [5.41, 5.74) is 6.00. The fourth-order valence-electron chi connectivity index (χ4n) is 1.76. The van der Waals surface area contributed by atoms with Crippen molar-refractivity contribution in [2.45, 2.75) is 0 Å². The predicted octanol–water partition coefficient (Wildman–Crippen LogP) is 2.68. The number of anilines is 2. The number of methoxy groups -OCH3 is 2. The minimum Gasteiger partial charge on any atom is -0.497 e. The number of hydrogen-bond acceptors (Lipinski definition) is 4. The van der Waals surface area contributed by atoms with Gasteiger partial charge in [0.25, 0.3) is 5.91 Å². The Kier molecular flexibility index (Phi) is 4.27. The summed E-state index contributed by atoms with van der Waals surface area (Å²) in [4.78, 5) is 12.1. The third kappa shape index (κ3) is 3.22. The van der Waals surface area contributed by atoms with Gasteiger partial charge in [-0.25, -0.2) is 4.39 Å². The Morgan fingerprint density at radius 2 is 1.90 bits per heavy atom. The molecule has 3 N–H and O–H groups in total. The van der Waals surface area contributed by atoms with E-state index in [1.54, 1.807) is 18.2 Å². The van der Waals surface area contributed by atoms with Crippen LogP contribution in [0.15, 0.2) is 36.4 Å². The van der Waals surface area contributed by atoms with E-state index in [4.69, 9.17) is 15.2 Å². The molecule has 0 unspecified atom stereocenters. The third-order valence-electron chi connectivity index (χ3n) is 2.92. The van der Waals surface area contributed by atoms with E-state index in [-0.39, 0.29) is 11.3 Å². The lowest BCUT2D eigenvalue weighted by atomic mass is 10.1. The smallest absolute Gasteiger partial charge is 0.255 e. The van der Waals surface area contributed by atoms with Gasteiger partial charge < -0.3 is 20.5 Å². The predicted molar refractivity (Wildman–Crippen MR) is 78.3 cm³/mol. The number of carbonyl (C=O) groups excluding carboxylic acids is 1. The Balaban J connectivity index is 2.24. The Hall–Kier alpha value is -2.76. The molecule has 1 amide bonds. The van der Waals surface area contributed by atoms with Crippen molar-refractivity contribution < 1.29 is 18.7 Å². The van der Waals surface area contributed by atoms with Crippen molar-refractivity contribution in [2.24, 2.45) is 0 Å². The van der Waals surface area contributed by atoms with Gasteiger partial charge in [0.05, 0.1) is 25.6 Å². The monoisotopic (exact) mass is 290 g/mol. The first-order valence-corrected chi connectivity index (χ1v) is 6.13. The highest BCUT2D eigenvalue weighted by Crippen LogP contribution is 2.29. The molecule has 0 aromatic heterocycles. The SMILES string of the molecule is COc1ccc(NC(=O)c2ccc(N)c(F)c2)c(OC)c1. The maximum Gasteiger partial charge on any atom is 0.255 e. The Labute approximate surface area is 121 Å². The van der Waals surface area contributed by atoms with Gasteiger partial charge in [-0.15, -0.1) is 0 Å². The summed E-state index contributed by atoms with van der Waals surface area (Å²) >= 11 is 0. The number of rotatable bonds is 4. The average molecular weight is 290 g/mol. The molecule has 6 heteroatoms. The minimum atomic E-state index is -0.635. The number of benzene rings is 2. The van der Waals surface area contributed by atoms with E-state index in [0.29, 0.717) is 17.2 Å². The van der Waals surface area contributed by atoms with Crippen molar-refractivity contribution in [3.63, 3.8) is 0 Å². The highest BCUT2D eigenvalue weighted by molar-refractivity contribution is 6.05. The molecule has 110 valence electrons. The molecule has 0 aliphatic rings. The second-order valence-electron chi connectivity index (χ2n) is 4.26. The lowest BCUT2D eigenvalue weighted by Gasteiger charge is -2.11. The number of ether oxygens (including phenoxy) is 2. The summed E-state index contributed by atoms with van der Waals surface area (Å²) in [5.74, 6) is -0.0521. The van der Waals surface area contributed by atoms with Crippen molar-refractivity contribution in [3.8, 4) is 11.5 Å². The van der Waals surface area contributed by atoms with Crippen molar-refractivity contribution in [1.82, 2.24) is 0 Å². The van der Waals surface area contributed by atoms with Crippen molar-refractivity contribution in [1.29, 1.82) is 0 Å². The molecule has 0 atom stereocenters. The van der Waals surface area contributed by atoms with Crippen LogP contribution in [0, 0.1) is 5.82 Å². The van der Waals surface area contributed by atoms with Gasteiger partial charge in [-0.1, -0.05) is 0 Å². The number of halogens is 1. The highest BCUT2D eigenvalue weighted by atomic mass is 19.1. The molecular formula is C15H15FN2O3. The second kappa shape index (κ2) is 6.13. The van der Waals surface area contributed by atoms with Crippen LogP contribution in [-0.2, 0) is 0 Å². The first-order valence-electron chi connectivity index (χ1n) is 6.13. The maximum atomic E-state index is 13.4. The van der Waals surface area contributed by atoms with Gasteiger partial charge in [0.15, 0.2) is 0 Å². The Morgan fingerprint density at radius 1 is 1.14 bits per heavy atom. The average Bonchev–Trinajstić information content (AvgIpc) is 2.50. The quantitative estimate of drug-likeness (QED) is 0.849. The van der Waals surface area contributed by atoms with Crippen LogP contribution in [0.4, 0.5) is 15.8 Å². The molecular weight excluding hydrogens is 275 g/mol. The van der Waals surface area contributed by atoms with Crippen molar-refractivity contribution in [2.75, 3.05) is 25.3 Å². The molecule has 0 aliphatic heterocycles. The molecule has 2 rings (SSSR count). The van der Waals surface area contributed by atoms with E-state index in [1.807, 2.05) is 0 Å². The van der Waals surface area contributed by atoms with Crippen LogP contribution in [0.2, 0.25) is 0 Å². The lowest BCUT2D eigenvalue weighted by molar-refractivity contribution is 0.102. The maximum absolute atomic E-state index is 13.4. The van der Waals surface area contributed by atoms with Crippen LogP contribution in [0.5, 0.6) is 11.5 Å². The van der Waals surface area contributed by atoms with Gasteiger partial charge in [-0.05, 0) is 30.3 Å². The zero-order chi connectivity index (χ0) is 15.4. The zero-order valence-corrected chi connectivity index (χ0v) is 11.6. The summed E-state index contributed by atoms with van der Waals surface area (Å²) < 4.78 is 23.6. The van der Waals surface area contributed by atoms with E-state index in [9.17, 15) is 9.18 Å². The van der Waals surface area contributed by atoms with Crippen molar-refractivity contribution >= 4 is 17.3 Å². The van der Waals surface area contributed by atoms with Crippen LogP contribution in [0.1, 0.15) is 10.4 Å². The van der Waals surface area contributed by atoms with Gasteiger partial charge in [-0.3, -0.25) is 4.79 Å². The number of carbonyl (C=O) groups is 1. The van der Waals surface area contributed by atoms with Gasteiger partial charge in [0.1, 0.15) is 17.3 Å². The van der Waals surface area contributed by atoms with E-state index in [2.05, 4.69) is 5.32 Å². The molecule has 0 bridgehead atoms. The van der Waals surface area contributed by atoms with Crippen LogP contribution in [0.3, 0.4) is 0 Å². The number of nitrogen functional groups attached to an aromatic ring is 1. The number of nitrogens with two attached hydrogens (primary N) is 1. The van der Waals surface area contributed by atoms with E-state index >= 15 is 0 Å². The van der Waals surface area contributed by atoms with Gasteiger partial charge in [0, 0.05) is 11.6 Å². The molecule has 2 aromatic carbocycles.